The number of hydrazine groups is 1. The zero-order valence-electron chi connectivity index (χ0n) is 13.2. The zero-order valence-corrected chi connectivity index (χ0v) is 14.7. The minimum atomic E-state index is -0.491. The first-order valence-electron chi connectivity index (χ1n) is 7.45. The van der Waals surface area contributed by atoms with E-state index in [0.717, 1.165) is 10.9 Å². The van der Waals surface area contributed by atoms with E-state index < -0.39 is 5.91 Å². The van der Waals surface area contributed by atoms with Crippen molar-refractivity contribution in [2.45, 2.75) is 13.3 Å². The predicted octanol–water partition coefficient (Wildman–Crippen LogP) is 4.05. The summed E-state index contributed by atoms with van der Waals surface area (Å²) in [4.78, 5) is 24.1. The Labute approximate surface area is 153 Å². The smallest absolute Gasteiger partial charge is 0.271 e. The molecule has 128 valence electrons. The topological polar surface area (TPSA) is 71.3 Å². The molecule has 1 aromatic heterocycles. The van der Waals surface area contributed by atoms with Crippen LogP contribution in [0.1, 0.15) is 21.5 Å². The van der Waals surface area contributed by atoms with Crippen molar-refractivity contribution in [3.63, 3.8) is 0 Å². The average Bonchev–Trinajstić information content (AvgIpc) is 2.95. The number of amides is 2. The van der Waals surface area contributed by atoms with Crippen molar-refractivity contribution in [3.05, 3.63) is 69.4 Å². The lowest BCUT2D eigenvalue weighted by atomic mass is 10.1. The fourth-order valence-corrected chi connectivity index (χ4v) is 2.78. The van der Waals surface area contributed by atoms with Crippen LogP contribution in [0.4, 0.5) is 0 Å². The van der Waals surface area contributed by atoms with Gasteiger partial charge in [0.2, 0.25) is 5.91 Å². The van der Waals surface area contributed by atoms with E-state index in [1.54, 1.807) is 30.3 Å². The van der Waals surface area contributed by atoms with Gasteiger partial charge in [0.15, 0.2) is 0 Å². The van der Waals surface area contributed by atoms with E-state index in [0.29, 0.717) is 21.2 Å². The third-order valence-corrected chi connectivity index (χ3v) is 4.46. The molecule has 3 rings (SSSR count). The molecule has 0 bridgehead atoms. The van der Waals surface area contributed by atoms with E-state index in [1.807, 2.05) is 13.0 Å². The quantitative estimate of drug-likeness (QED) is 0.677. The van der Waals surface area contributed by atoms with Crippen LogP contribution in [0.25, 0.3) is 11.0 Å². The molecular formula is C18H14Cl2N2O3. The van der Waals surface area contributed by atoms with Gasteiger partial charge in [-0.1, -0.05) is 35.3 Å². The number of rotatable bonds is 3. The molecule has 25 heavy (non-hydrogen) atoms. The van der Waals surface area contributed by atoms with Gasteiger partial charge in [-0.2, -0.15) is 0 Å². The molecule has 0 atom stereocenters. The van der Waals surface area contributed by atoms with E-state index in [2.05, 4.69) is 10.9 Å². The molecule has 3 aromatic rings. The Morgan fingerprint density at radius 2 is 1.84 bits per heavy atom. The molecule has 2 aromatic carbocycles. The first kappa shape index (κ1) is 17.3. The number of carbonyl (C=O) groups excluding carboxylic acids is 2. The number of hydrogen-bond donors (Lipinski definition) is 2. The highest BCUT2D eigenvalue weighted by Crippen LogP contribution is 2.27. The van der Waals surface area contributed by atoms with Gasteiger partial charge in [-0.25, -0.2) is 0 Å². The molecule has 0 saturated carbocycles. The van der Waals surface area contributed by atoms with Gasteiger partial charge in [0.1, 0.15) is 5.58 Å². The van der Waals surface area contributed by atoms with E-state index in [4.69, 9.17) is 27.6 Å². The van der Waals surface area contributed by atoms with Crippen LogP contribution < -0.4 is 10.9 Å². The first-order chi connectivity index (χ1) is 12.0. The second-order valence-electron chi connectivity index (χ2n) is 5.52. The summed E-state index contributed by atoms with van der Waals surface area (Å²) in [5, 5.41) is 1.67. The molecule has 0 unspecified atom stereocenters. The Morgan fingerprint density at radius 1 is 1.08 bits per heavy atom. The minimum Gasteiger partial charge on any atom is -0.464 e. The molecule has 1 heterocycles. The van der Waals surface area contributed by atoms with E-state index >= 15 is 0 Å². The third kappa shape index (κ3) is 3.78. The zero-order chi connectivity index (χ0) is 18.0. The lowest BCUT2D eigenvalue weighted by Gasteiger charge is -2.08. The Balaban J connectivity index is 1.66. The van der Waals surface area contributed by atoms with Crippen molar-refractivity contribution in [2.75, 3.05) is 0 Å². The Hall–Kier alpha value is -2.50. The van der Waals surface area contributed by atoms with Crippen LogP contribution in [0.3, 0.4) is 0 Å². The molecule has 0 spiro atoms. The summed E-state index contributed by atoms with van der Waals surface area (Å²) in [6.07, 6.45) is 1.55. The van der Waals surface area contributed by atoms with Crippen molar-refractivity contribution in [1.29, 1.82) is 0 Å². The standard InChI is InChI=1S/C18H14Cl2N2O3/c1-10-6-16-13(8-15(10)20)11(9-25-16)7-17(23)21-22-18(24)12-4-2-3-5-14(12)19/h2-6,8-9H,7H2,1H3,(H,21,23)(H,22,24). The van der Waals surface area contributed by atoms with Gasteiger partial charge < -0.3 is 4.42 Å². The van der Waals surface area contributed by atoms with Crippen LogP contribution >= 0.6 is 23.2 Å². The second-order valence-corrected chi connectivity index (χ2v) is 6.33. The van der Waals surface area contributed by atoms with Gasteiger partial charge in [-0.3, -0.25) is 20.4 Å². The Morgan fingerprint density at radius 3 is 2.60 bits per heavy atom. The van der Waals surface area contributed by atoms with Gasteiger partial charge in [0, 0.05) is 16.0 Å². The molecule has 7 heteroatoms. The SMILES string of the molecule is Cc1cc2occ(CC(=O)NNC(=O)c3ccccc3Cl)c2cc1Cl. The van der Waals surface area contributed by atoms with Crippen LogP contribution in [-0.4, -0.2) is 11.8 Å². The Kier molecular flexibility index (Phi) is 4.97. The summed E-state index contributed by atoms with van der Waals surface area (Å²) in [7, 11) is 0. The third-order valence-electron chi connectivity index (χ3n) is 3.72. The lowest BCUT2D eigenvalue weighted by Crippen LogP contribution is -2.42. The number of fused-ring (bicyclic) bond motifs is 1. The normalized spacial score (nSPS) is 10.7. The van der Waals surface area contributed by atoms with Crippen LogP contribution in [0.2, 0.25) is 10.0 Å². The summed E-state index contributed by atoms with van der Waals surface area (Å²) in [6, 6.07) is 10.2. The van der Waals surface area contributed by atoms with Gasteiger partial charge in [0.25, 0.3) is 5.91 Å². The summed E-state index contributed by atoms with van der Waals surface area (Å²) in [6.45, 7) is 1.88. The van der Waals surface area contributed by atoms with E-state index in [1.165, 1.54) is 6.26 Å². The van der Waals surface area contributed by atoms with Gasteiger partial charge in [0.05, 0.1) is 23.3 Å². The molecule has 0 aliphatic heterocycles. The highest BCUT2D eigenvalue weighted by atomic mass is 35.5. The maximum atomic E-state index is 12.1. The molecular weight excluding hydrogens is 363 g/mol. The number of hydrogen-bond acceptors (Lipinski definition) is 3. The van der Waals surface area contributed by atoms with Crippen molar-refractivity contribution in [3.8, 4) is 0 Å². The number of benzene rings is 2. The summed E-state index contributed by atoms with van der Waals surface area (Å²) in [5.74, 6) is -0.880. The lowest BCUT2D eigenvalue weighted by molar-refractivity contribution is -0.121. The van der Waals surface area contributed by atoms with Crippen LogP contribution in [0.5, 0.6) is 0 Å². The Bertz CT molecular complexity index is 966. The van der Waals surface area contributed by atoms with E-state index in [-0.39, 0.29) is 17.9 Å². The summed E-state index contributed by atoms with van der Waals surface area (Å²) >= 11 is 12.1. The molecule has 0 fully saturated rings. The summed E-state index contributed by atoms with van der Waals surface area (Å²) in [5.41, 5.74) is 7.22. The van der Waals surface area contributed by atoms with Crippen LogP contribution in [0, 0.1) is 6.92 Å². The van der Waals surface area contributed by atoms with Crippen molar-refractivity contribution in [1.82, 2.24) is 10.9 Å². The van der Waals surface area contributed by atoms with E-state index in [9.17, 15) is 9.59 Å². The van der Waals surface area contributed by atoms with Gasteiger partial charge >= 0.3 is 0 Å². The highest BCUT2D eigenvalue weighted by Gasteiger charge is 2.14. The van der Waals surface area contributed by atoms with Crippen LogP contribution in [-0.2, 0) is 11.2 Å². The fraction of sp³-hybridized carbons (Fsp3) is 0.111. The summed E-state index contributed by atoms with van der Waals surface area (Å²) < 4.78 is 5.45. The fourth-order valence-electron chi connectivity index (χ4n) is 2.39. The van der Waals surface area contributed by atoms with Crippen molar-refractivity contribution >= 4 is 46.0 Å². The highest BCUT2D eigenvalue weighted by molar-refractivity contribution is 6.33. The molecule has 0 aliphatic rings. The molecule has 5 nitrogen and oxygen atoms in total. The molecule has 2 amide bonds. The molecule has 2 N–H and O–H groups in total. The van der Waals surface area contributed by atoms with Gasteiger partial charge in [-0.05, 0) is 36.8 Å². The maximum absolute atomic E-state index is 12.1. The largest absolute Gasteiger partial charge is 0.464 e. The number of aryl methyl sites for hydroxylation is 1. The molecule has 0 saturated heterocycles. The number of halogens is 2. The van der Waals surface area contributed by atoms with Crippen molar-refractivity contribution < 1.29 is 14.0 Å². The number of furan rings is 1. The van der Waals surface area contributed by atoms with Crippen molar-refractivity contribution in [2.24, 2.45) is 0 Å². The minimum absolute atomic E-state index is 0.0369. The second kappa shape index (κ2) is 7.17. The monoisotopic (exact) mass is 376 g/mol. The molecule has 0 radical (unpaired) electrons. The molecule has 0 aliphatic carbocycles. The number of carbonyl (C=O) groups is 2. The van der Waals surface area contributed by atoms with Crippen LogP contribution in [0.15, 0.2) is 47.1 Å². The van der Waals surface area contributed by atoms with Gasteiger partial charge in [-0.15, -0.1) is 0 Å². The average molecular weight is 377 g/mol. The maximum Gasteiger partial charge on any atom is 0.271 e. The first-order valence-corrected chi connectivity index (χ1v) is 8.21. The number of nitrogens with one attached hydrogen (secondary N) is 2. The predicted molar refractivity (Wildman–Crippen MR) is 96.7 cm³/mol.